The average Bonchev–Trinajstić information content (AvgIpc) is 2.74. The molecule has 0 amide bonds. The van der Waals surface area contributed by atoms with E-state index in [2.05, 4.69) is 14.7 Å². The minimum Gasteiger partial charge on any atom is -0.253 e. The van der Waals surface area contributed by atoms with Crippen molar-refractivity contribution < 1.29 is 8.42 Å². The van der Waals surface area contributed by atoms with Crippen molar-refractivity contribution in [1.29, 1.82) is 0 Å². The van der Waals surface area contributed by atoms with Gasteiger partial charge < -0.3 is 0 Å². The summed E-state index contributed by atoms with van der Waals surface area (Å²) in [5.41, 5.74) is 3.20. The minimum atomic E-state index is -3.67. The normalized spacial score (nSPS) is 12.7. The van der Waals surface area contributed by atoms with Gasteiger partial charge >= 0.3 is 0 Å². The minimum absolute atomic E-state index is 0.237. The van der Waals surface area contributed by atoms with Gasteiger partial charge in [0, 0.05) is 12.6 Å². The first kappa shape index (κ1) is 18.3. The van der Waals surface area contributed by atoms with Crippen molar-refractivity contribution in [2.24, 2.45) is 0 Å². The van der Waals surface area contributed by atoms with E-state index in [0.29, 0.717) is 6.42 Å². The number of benzene rings is 3. The Bertz CT molecular complexity index is 1180. The summed E-state index contributed by atoms with van der Waals surface area (Å²) in [5.74, 6) is 0. The van der Waals surface area contributed by atoms with Gasteiger partial charge in [0.1, 0.15) is 0 Å². The van der Waals surface area contributed by atoms with Crippen molar-refractivity contribution in [2.75, 3.05) is 0 Å². The average molecular weight is 389 g/mol. The van der Waals surface area contributed by atoms with Gasteiger partial charge in [-0.05, 0) is 29.8 Å². The lowest BCUT2D eigenvalue weighted by atomic mass is 10.0. The first-order valence-electron chi connectivity index (χ1n) is 8.95. The fourth-order valence-electron chi connectivity index (χ4n) is 3.07. The lowest BCUT2D eigenvalue weighted by Gasteiger charge is -2.19. The van der Waals surface area contributed by atoms with Crippen LogP contribution < -0.4 is 4.72 Å². The van der Waals surface area contributed by atoms with Crippen LogP contribution in [0.15, 0.2) is 96.0 Å². The van der Waals surface area contributed by atoms with Crippen molar-refractivity contribution in [2.45, 2.75) is 17.4 Å². The predicted octanol–water partition coefficient (Wildman–Crippen LogP) is 3.89. The van der Waals surface area contributed by atoms with E-state index in [9.17, 15) is 8.42 Å². The van der Waals surface area contributed by atoms with Crippen LogP contribution in [0.2, 0.25) is 0 Å². The molecule has 0 aliphatic heterocycles. The van der Waals surface area contributed by atoms with Crippen LogP contribution in [0.25, 0.3) is 11.0 Å². The molecule has 1 atom stereocenters. The van der Waals surface area contributed by atoms with Crippen LogP contribution >= 0.6 is 0 Å². The maximum absolute atomic E-state index is 12.9. The van der Waals surface area contributed by atoms with Crippen molar-refractivity contribution in [3.05, 3.63) is 102 Å². The zero-order valence-electron chi connectivity index (χ0n) is 15.1. The van der Waals surface area contributed by atoms with Crippen LogP contribution in [0.3, 0.4) is 0 Å². The van der Waals surface area contributed by atoms with Gasteiger partial charge in [-0.25, -0.2) is 18.1 Å². The summed E-state index contributed by atoms with van der Waals surface area (Å²) in [7, 11) is -3.67. The molecule has 0 fully saturated rings. The third kappa shape index (κ3) is 4.08. The highest BCUT2D eigenvalue weighted by Crippen LogP contribution is 2.21. The molecule has 5 nitrogen and oxygen atoms in total. The van der Waals surface area contributed by atoms with Crippen molar-refractivity contribution >= 4 is 21.1 Å². The fourth-order valence-corrected chi connectivity index (χ4v) is 4.32. The Kier molecular flexibility index (Phi) is 5.14. The van der Waals surface area contributed by atoms with Crippen molar-refractivity contribution in [1.82, 2.24) is 14.7 Å². The smallest absolute Gasteiger partial charge is 0.241 e. The quantitative estimate of drug-likeness (QED) is 0.543. The Morgan fingerprint density at radius 3 is 2.11 bits per heavy atom. The van der Waals surface area contributed by atoms with Crippen molar-refractivity contribution in [3.8, 4) is 0 Å². The number of hydrogen-bond donors (Lipinski definition) is 1. The monoisotopic (exact) mass is 389 g/mol. The second kappa shape index (κ2) is 7.88. The number of rotatable bonds is 6. The summed E-state index contributed by atoms with van der Waals surface area (Å²) in [6.07, 6.45) is 2.10. The largest absolute Gasteiger partial charge is 0.253 e. The summed E-state index contributed by atoms with van der Waals surface area (Å²) < 4.78 is 28.6. The van der Waals surface area contributed by atoms with Gasteiger partial charge in [-0.15, -0.1) is 0 Å². The molecule has 1 N–H and O–H groups in total. The van der Waals surface area contributed by atoms with E-state index in [1.807, 2.05) is 54.6 Å². The van der Waals surface area contributed by atoms with Crippen molar-refractivity contribution in [3.63, 3.8) is 0 Å². The lowest BCUT2D eigenvalue weighted by Crippen LogP contribution is -2.30. The third-order valence-corrected chi connectivity index (χ3v) is 5.95. The van der Waals surface area contributed by atoms with Gasteiger partial charge in [0.15, 0.2) is 0 Å². The van der Waals surface area contributed by atoms with Crippen LogP contribution in [-0.2, 0) is 16.4 Å². The second-order valence-corrected chi connectivity index (χ2v) is 8.17. The molecule has 0 saturated heterocycles. The molecule has 0 aliphatic rings. The standard InChI is InChI=1S/C22H19N3O2S/c26-28(27,19-11-5-2-6-12-19)25-22(17-9-3-1-4-10-17)15-18-16-23-20-13-7-8-14-21(20)24-18/h1-14,16,22,25H,15H2. The summed E-state index contributed by atoms with van der Waals surface area (Å²) in [4.78, 5) is 9.33. The van der Waals surface area contributed by atoms with Crippen LogP contribution in [0.1, 0.15) is 17.3 Å². The van der Waals surface area contributed by atoms with Crippen LogP contribution in [0.4, 0.5) is 0 Å². The summed E-state index contributed by atoms with van der Waals surface area (Å²) in [5, 5.41) is 0. The second-order valence-electron chi connectivity index (χ2n) is 6.45. The van der Waals surface area contributed by atoms with Gasteiger partial charge in [0.05, 0.1) is 27.7 Å². The molecule has 28 heavy (non-hydrogen) atoms. The lowest BCUT2D eigenvalue weighted by molar-refractivity contribution is 0.553. The molecular formula is C22H19N3O2S. The Morgan fingerprint density at radius 1 is 0.786 bits per heavy atom. The summed E-state index contributed by atoms with van der Waals surface area (Å²) in [6.45, 7) is 0. The highest BCUT2D eigenvalue weighted by molar-refractivity contribution is 7.89. The Balaban J connectivity index is 1.67. The Hall–Kier alpha value is -3.09. The first-order valence-corrected chi connectivity index (χ1v) is 10.4. The highest BCUT2D eigenvalue weighted by Gasteiger charge is 2.22. The topological polar surface area (TPSA) is 72.0 Å². The summed E-state index contributed by atoms with van der Waals surface area (Å²) in [6, 6.07) is 25.1. The number of hydrogen-bond acceptors (Lipinski definition) is 4. The molecule has 1 heterocycles. The Labute approximate surface area is 164 Å². The van der Waals surface area contributed by atoms with E-state index in [1.54, 1.807) is 36.5 Å². The SMILES string of the molecule is O=S(=O)(NC(Cc1cnc2ccccc2n1)c1ccccc1)c1ccccc1. The highest BCUT2D eigenvalue weighted by atomic mass is 32.2. The van der Waals surface area contributed by atoms with E-state index < -0.39 is 16.1 Å². The molecule has 6 heteroatoms. The van der Waals surface area contributed by atoms with Crippen LogP contribution in [0, 0.1) is 0 Å². The number of nitrogens with one attached hydrogen (secondary N) is 1. The van der Waals surface area contributed by atoms with E-state index >= 15 is 0 Å². The number of sulfonamides is 1. The van der Waals surface area contributed by atoms with Crippen LogP contribution in [0.5, 0.6) is 0 Å². The number of fused-ring (bicyclic) bond motifs is 1. The third-order valence-electron chi connectivity index (χ3n) is 4.46. The van der Waals surface area contributed by atoms with Crippen LogP contribution in [-0.4, -0.2) is 18.4 Å². The zero-order chi connectivity index (χ0) is 19.4. The van der Waals surface area contributed by atoms with E-state index in [1.165, 1.54) is 0 Å². The van der Waals surface area contributed by atoms with E-state index in [0.717, 1.165) is 22.3 Å². The first-order chi connectivity index (χ1) is 13.6. The molecule has 3 aromatic carbocycles. The molecule has 0 bridgehead atoms. The van der Waals surface area contributed by atoms with Gasteiger partial charge in [-0.1, -0.05) is 60.7 Å². The molecule has 0 radical (unpaired) electrons. The van der Waals surface area contributed by atoms with Gasteiger partial charge in [-0.3, -0.25) is 4.98 Å². The predicted molar refractivity (Wildman–Crippen MR) is 109 cm³/mol. The summed E-state index contributed by atoms with van der Waals surface area (Å²) >= 11 is 0. The maximum Gasteiger partial charge on any atom is 0.241 e. The Morgan fingerprint density at radius 2 is 1.39 bits per heavy atom. The molecular weight excluding hydrogens is 370 g/mol. The van der Waals surface area contributed by atoms with Gasteiger partial charge in [0.25, 0.3) is 0 Å². The molecule has 4 aromatic rings. The molecule has 0 aliphatic carbocycles. The maximum atomic E-state index is 12.9. The number of aromatic nitrogens is 2. The molecule has 4 rings (SSSR count). The molecule has 1 aromatic heterocycles. The van der Waals surface area contributed by atoms with E-state index in [-0.39, 0.29) is 4.90 Å². The molecule has 1 unspecified atom stereocenters. The fraction of sp³-hybridized carbons (Fsp3) is 0.0909. The van der Waals surface area contributed by atoms with Gasteiger partial charge in [-0.2, -0.15) is 0 Å². The number of nitrogens with zero attached hydrogens (tertiary/aromatic N) is 2. The van der Waals surface area contributed by atoms with Gasteiger partial charge in [0.2, 0.25) is 10.0 Å². The molecule has 140 valence electrons. The molecule has 0 spiro atoms. The molecule has 0 saturated carbocycles. The zero-order valence-corrected chi connectivity index (χ0v) is 15.9. The van der Waals surface area contributed by atoms with E-state index in [4.69, 9.17) is 0 Å². The number of para-hydroxylation sites is 2.